The lowest BCUT2D eigenvalue weighted by Gasteiger charge is -2.33. The van der Waals surface area contributed by atoms with Crippen LogP contribution < -0.4 is 4.90 Å². The molecule has 1 aliphatic heterocycles. The summed E-state index contributed by atoms with van der Waals surface area (Å²) in [5.74, 6) is 1.03. The van der Waals surface area contributed by atoms with E-state index in [0.29, 0.717) is 5.65 Å². The summed E-state index contributed by atoms with van der Waals surface area (Å²) >= 11 is 0. The minimum absolute atomic E-state index is 0.686. The molecule has 0 aromatic carbocycles. The van der Waals surface area contributed by atoms with Crippen molar-refractivity contribution in [3.05, 3.63) is 55.0 Å². The number of hydrogen-bond acceptors (Lipinski definition) is 6. The van der Waals surface area contributed by atoms with Crippen molar-refractivity contribution in [2.45, 2.75) is 0 Å². The second kappa shape index (κ2) is 7.17. The summed E-state index contributed by atoms with van der Waals surface area (Å²) < 4.78 is 0. The lowest BCUT2D eigenvalue weighted by molar-refractivity contribution is 0.312. The standard InChI is InChI=1S/C23H22N8/c1-30-8-10-31(11-9-30)23-16-13-20(27-19(16)5-7-25-23)21-17-12-15(14-26-22(17)29-28-21)18-4-2-3-6-24-18/h2-7,12-14,27H,8-11H2,1H3,(H,26,28,29). The molecule has 6 rings (SSSR count). The molecule has 0 atom stereocenters. The zero-order valence-electron chi connectivity index (χ0n) is 17.2. The number of pyridine rings is 3. The van der Waals surface area contributed by atoms with Gasteiger partial charge in [-0.25, -0.2) is 9.97 Å². The number of fused-ring (bicyclic) bond motifs is 2. The number of anilines is 1. The first-order valence-corrected chi connectivity index (χ1v) is 10.4. The average Bonchev–Trinajstić information content (AvgIpc) is 3.43. The Balaban J connectivity index is 1.44. The molecule has 1 saturated heterocycles. The lowest BCUT2D eigenvalue weighted by atomic mass is 10.1. The van der Waals surface area contributed by atoms with Crippen LogP contribution in [0, 0.1) is 0 Å². The van der Waals surface area contributed by atoms with Gasteiger partial charge in [0.25, 0.3) is 0 Å². The maximum Gasteiger partial charge on any atom is 0.181 e. The highest BCUT2D eigenvalue weighted by Gasteiger charge is 2.20. The highest BCUT2D eigenvalue weighted by molar-refractivity contribution is 5.98. The molecule has 5 aromatic rings. The van der Waals surface area contributed by atoms with Gasteiger partial charge in [0.15, 0.2) is 5.65 Å². The Morgan fingerprint density at radius 3 is 2.65 bits per heavy atom. The molecular formula is C23H22N8. The zero-order valence-corrected chi connectivity index (χ0v) is 17.2. The highest BCUT2D eigenvalue weighted by Crippen LogP contribution is 2.33. The Labute approximate surface area is 179 Å². The van der Waals surface area contributed by atoms with Crippen molar-refractivity contribution in [2.24, 2.45) is 0 Å². The molecule has 0 aliphatic carbocycles. The third-order valence-electron chi connectivity index (χ3n) is 5.97. The molecule has 0 radical (unpaired) electrons. The van der Waals surface area contributed by atoms with Gasteiger partial charge in [0.05, 0.1) is 22.6 Å². The minimum Gasteiger partial charge on any atom is -0.353 e. The van der Waals surface area contributed by atoms with Gasteiger partial charge < -0.3 is 14.8 Å². The largest absolute Gasteiger partial charge is 0.353 e. The van der Waals surface area contributed by atoms with Gasteiger partial charge in [-0.05, 0) is 37.4 Å². The second-order valence-electron chi connectivity index (χ2n) is 7.98. The number of hydrogen-bond donors (Lipinski definition) is 2. The van der Waals surface area contributed by atoms with Crippen molar-refractivity contribution in [1.82, 2.24) is 35.0 Å². The van der Waals surface area contributed by atoms with Gasteiger partial charge in [0.2, 0.25) is 0 Å². The topological polar surface area (TPSA) is 89.6 Å². The number of rotatable bonds is 3. The van der Waals surface area contributed by atoms with Crippen LogP contribution in [-0.4, -0.2) is 68.3 Å². The average molecular weight is 410 g/mol. The van der Waals surface area contributed by atoms with E-state index in [2.05, 4.69) is 54.1 Å². The predicted octanol–water partition coefficient (Wildman–Crippen LogP) is 3.32. The number of aromatic nitrogens is 6. The summed E-state index contributed by atoms with van der Waals surface area (Å²) in [6.45, 7) is 4.05. The van der Waals surface area contributed by atoms with E-state index in [-0.39, 0.29) is 0 Å². The maximum absolute atomic E-state index is 4.71. The highest BCUT2D eigenvalue weighted by atomic mass is 15.3. The summed E-state index contributed by atoms with van der Waals surface area (Å²) in [4.78, 5) is 22.0. The molecule has 0 bridgehead atoms. The molecule has 1 aliphatic rings. The number of likely N-dealkylation sites (N-methyl/N-ethyl adjacent to an activating group) is 1. The van der Waals surface area contributed by atoms with Crippen LogP contribution >= 0.6 is 0 Å². The van der Waals surface area contributed by atoms with Gasteiger partial charge in [-0.3, -0.25) is 10.1 Å². The lowest BCUT2D eigenvalue weighted by Crippen LogP contribution is -2.44. The first kappa shape index (κ1) is 18.0. The van der Waals surface area contributed by atoms with Crippen LogP contribution in [0.4, 0.5) is 5.82 Å². The van der Waals surface area contributed by atoms with Crippen LogP contribution in [0.25, 0.3) is 44.6 Å². The Hall–Kier alpha value is -3.78. The minimum atomic E-state index is 0.686. The summed E-state index contributed by atoms with van der Waals surface area (Å²) in [6.07, 6.45) is 5.48. The smallest absolute Gasteiger partial charge is 0.181 e. The SMILES string of the molecule is CN1CCN(c2nccc3[nH]c(-c4[nH]nc5ncc(-c6ccccn6)cc45)cc23)CC1. The van der Waals surface area contributed by atoms with Crippen LogP contribution in [-0.2, 0) is 0 Å². The van der Waals surface area contributed by atoms with Gasteiger partial charge >= 0.3 is 0 Å². The molecule has 0 spiro atoms. The van der Waals surface area contributed by atoms with Crippen LogP contribution in [0.15, 0.2) is 55.0 Å². The first-order chi connectivity index (χ1) is 15.3. The predicted molar refractivity (Wildman–Crippen MR) is 122 cm³/mol. The van der Waals surface area contributed by atoms with Crippen LogP contribution in [0.5, 0.6) is 0 Å². The van der Waals surface area contributed by atoms with E-state index in [9.17, 15) is 0 Å². The fourth-order valence-electron chi connectivity index (χ4n) is 4.22. The Morgan fingerprint density at radius 1 is 0.903 bits per heavy atom. The van der Waals surface area contributed by atoms with Crippen molar-refractivity contribution < 1.29 is 0 Å². The molecular weight excluding hydrogens is 388 g/mol. The van der Waals surface area contributed by atoms with E-state index in [1.54, 1.807) is 6.20 Å². The molecule has 2 N–H and O–H groups in total. The number of piperazine rings is 1. The molecule has 8 nitrogen and oxygen atoms in total. The maximum atomic E-state index is 4.71. The molecule has 0 unspecified atom stereocenters. The van der Waals surface area contributed by atoms with Crippen molar-refractivity contribution in [2.75, 3.05) is 38.1 Å². The van der Waals surface area contributed by atoms with E-state index >= 15 is 0 Å². The normalized spacial score (nSPS) is 15.2. The fourth-order valence-corrected chi connectivity index (χ4v) is 4.22. The number of nitrogens with one attached hydrogen (secondary N) is 2. The second-order valence-corrected chi connectivity index (χ2v) is 7.98. The third kappa shape index (κ3) is 3.12. The molecule has 8 heteroatoms. The van der Waals surface area contributed by atoms with Crippen LogP contribution in [0.1, 0.15) is 0 Å². The monoisotopic (exact) mass is 410 g/mol. The van der Waals surface area contributed by atoms with Gasteiger partial charge in [-0.15, -0.1) is 0 Å². The first-order valence-electron chi connectivity index (χ1n) is 10.4. The molecule has 0 saturated carbocycles. The van der Waals surface area contributed by atoms with E-state index < -0.39 is 0 Å². The molecule has 0 amide bonds. The Kier molecular flexibility index (Phi) is 4.17. The summed E-state index contributed by atoms with van der Waals surface area (Å²) in [7, 11) is 2.16. The van der Waals surface area contributed by atoms with Gasteiger partial charge in [0.1, 0.15) is 5.82 Å². The van der Waals surface area contributed by atoms with E-state index in [1.807, 2.05) is 36.7 Å². The number of nitrogens with zero attached hydrogens (tertiary/aromatic N) is 6. The molecule has 31 heavy (non-hydrogen) atoms. The van der Waals surface area contributed by atoms with Crippen molar-refractivity contribution in [3.8, 4) is 22.6 Å². The van der Waals surface area contributed by atoms with Crippen molar-refractivity contribution in [3.63, 3.8) is 0 Å². The molecule has 5 aromatic heterocycles. The summed E-state index contributed by atoms with van der Waals surface area (Å²) in [5.41, 5.74) is 5.50. The quantitative estimate of drug-likeness (QED) is 0.474. The molecule has 154 valence electrons. The van der Waals surface area contributed by atoms with Crippen LogP contribution in [0.2, 0.25) is 0 Å². The Morgan fingerprint density at radius 2 is 1.81 bits per heavy atom. The third-order valence-corrected chi connectivity index (χ3v) is 5.97. The Bertz CT molecular complexity index is 1360. The van der Waals surface area contributed by atoms with Gasteiger partial charge in [-0.1, -0.05) is 6.07 Å². The zero-order chi connectivity index (χ0) is 20.8. The van der Waals surface area contributed by atoms with Crippen molar-refractivity contribution in [1.29, 1.82) is 0 Å². The fraction of sp³-hybridized carbons (Fsp3) is 0.217. The van der Waals surface area contributed by atoms with E-state index in [4.69, 9.17) is 4.98 Å². The molecule has 1 fully saturated rings. The number of H-pyrrole nitrogens is 2. The van der Waals surface area contributed by atoms with Crippen molar-refractivity contribution >= 4 is 27.8 Å². The summed E-state index contributed by atoms with van der Waals surface area (Å²) in [5, 5.41) is 9.67. The van der Waals surface area contributed by atoms with Gasteiger partial charge in [-0.2, -0.15) is 5.10 Å². The van der Waals surface area contributed by atoms with Crippen LogP contribution in [0.3, 0.4) is 0 Å². The number of aromatic amines is 2. The summed E-state index contributed by atoms with van der Waals surface area (Å²) in [6, 6.07) is 12.2. The van der Waals surface area contributed by atoms with E-state index in [1.165, 1.54) is 0 Å². The van der Waals surface area contributed by atoms with E-state index in [0.717, 1.165) is 70.9 Å². The molecule has 6 heterocycles. The van der Waals surface area contributed by atoms with Gasteiger partial charge in [0, 0.05) is 61.1 Å².